The second-order valence-electron chi connectivity index (χ2n) is 8.17. The first kappa shape index (κ1) is 23.7. The highest BCUT2D eigenvalue weighted by Crippen LogP contribution is 2.30. The Morgan fingerprint density at radius 1 is 1.19 bits per heavy atom. The highest BCUT2D eigenvalue weighted by molar-refractivity contribution is 7.44. The molecule has 0 aliphatic carbocycles. The van der Waals surface area contributed by atoms with Crippen LogP contribution in [0.4, 0.5) is 11.5 Å². The highest BCUT2D eigenvalue weighted by atomic mass is 31.2. The van der Waals surface area contributed by atoms with Crippen LogP contribution in [0.3, 0.4) is 0 Å². The fraction of sp³-hybridized carbons (Fsp3) is 0.125. The smallest absolute Gasteiger partial charge is 0.285 e. The Balaban J connectivity index is 1.21. The van der Waals surface area contributed by atoms with Crippen molar-refractivity contribution < 1.29 is 28.0 Å². The van der Waals surface area contributed by atoms with Crippen molar-refractivity contribution in [3.05, 3.63) is 90.0 Å². The van der Waals surface area contributed by atoms with Crippen LogP contribution in [0, 0.1) is 0 Å². The molecule has 1 atom stereocenters. The molecule has 5 rings (SSSR count). The maximum absolute atomic E-state index is 10.9. The molecule has 4 heterocycles. The predicted molar refractivity (Wildman–Crippen MR) is 130 cm³/mol. The minimum absolute atomic E-state index is 0.205. The number of aromatic amines is 1. The van der Waals surface area contributed by atoms with Gasteiger partial charge in [-0.2, -0.15) is 0 Å². The van der Waals surface area contributed by atoms with Gasteiger partial charge in [0.1, 0.15) is 11.2 Å². The van der Waals surface area contributed by atoms with Crippen molar-refractivity contribution in [1.82, 2.24) is 15.1 Å². The molecule has 0 saturated heterocycles. The lowest BCUT2D eigenvalue weighted by molar-refractivity contribution is -0.712. The van der Waals surface area contributed by atoms with Gasteiger partial charge in [0.2, 0.25) is 0 Å². The zero-order chi connectivity index (χ0) is 25.1. The Labute approximate surface area is 205 Å². The summed E-state index contributed by atoms with van der Waals surface area (Å²) < 4.78 is 22.1. The number of phosphoric acid groups is 1. The number of rotatable bonds is 9. The summed E-state index contributed by atoms with van der Waals surface area (Å²) in [4.78, 5) is 27.2. The van der Waals surface area contributed by atoms with E-state index in [2.05, 4.69) is 43.2 Å². The number of nitrogens with one attached hydrogen (secondary N) is 2. The number of phosphoric ester groups is 1. The summed E-state index contributed by atoms with van der Waals surface area (Å²) in [6.45, 7) is 0.206. The lowest BCUT2D eigenvalue weighted by atomic mass is 10.1. The number of pyridine rings is 2. The number of H-pyrrole nitrogens is 1. The van der Waals surface area contributed by atoms with Crippen LogP contribution in [0.2, 0.25) is 0 Å². The topological polar surface area (TPSA) is 166 Å². The molecular formula is C24H23N6O5P. The van der Waals surface area contributed by atoms with Gasteiger partial charge in [-0.25, -0.2) is 9.55 Å². The van der Waals surface area contributed by atoms with E-state index < -0.39 is 14.6 Å². The molecule has 0 radical (unpaired) electrons. The zero-order valence-electron chi connectivity index (χ0n) is 19.0. The second-order valence-corrected chi connectivity index (χ2v) is 9.37. The van der Waals surface area contributed by atoms with E-state index in [0.29, 0.717) is 30.0 Å². The van der Waals surface area contributed by atoms with E-state index in [1.807, 2.05) is 24.4 Å². The van der Waals surface area contributed by atoms with E-state index in [1.54, 1.807) is 24.4 Å². The molecule has 4 aromatic heterocycles. The summed E-state index contributed by atoms with van der Waals surface area (Å²) in [6, 6.07) is 17.4. The van der Waals surface area contributed by atoms with E-state index in [-0.39, 0.29) is 5.82 Å². The van der Waals surface area contributed by atoms with Gasteiger partial charge in [0.25, 0.3) is 13.6 Å². The predicted octanol–water partition coefficient (Wildman–Crippen LogP) is 2.73. The number of nitrogen functional groups attached to an aromatic ring is 1. The molecule has 1 aromatic carbocycles. The summed E-state index contributed by atoms with van der Waals surface area (Å²) in [5.74, 6) is 0.635. The normalized spacial score (nSPS) is 13.1. The molecule has 0 fully saturated rings. The average Bonchev–Trinajstić information content (AvgIpc) is 3.52. The van der Waals surface area contributed by atoms with Gasteiger partial charge in [-0.05, 0) is 35.4 Å². The Morgan fingerprint density at radius 3 is 2.81 bits per heavy atom. The molecule has 11 nitrogen and oxygen atoms in total. The minimum Gasteiger partial charge on any atom is -0.756 e. The number of hydrogen-bond acceptors (Lipinski definition) is 8. The molecule has 5 N–H and O–H groups in total. The van der Waals surface area contributed by atoms with Crippen LogP contribution in [0.1, 0.15) is 16.8 Å². The standard InChI is InChI=1S/C24H23N6O5P/c25-23-21(2-1-9-30(23)15-34-36(31,32)33)22-12-19(29-35-22)10-16-3-5-17(6-4-16)13-27-20-11-18-7-8-26-24(18)28-14-20/h1-9,11-12,14,25,27H,10,13,15H2,(H3,26,28,31,32,33). The number of nitrogens with two attached hydrogens (primary N) is 1. The van der Waals surface area contributed by atoms with E-state index in [4.69, 9.17) is 15.2 Å². The van der Waals surface area contributed by atoms with E-state index in [0.717, 1.165) is 27.8 Å². The van der Waals surface area contributed by atoms with Crippen molar-refractivity contribution in [2.75, 3.05) is 11.1 Å². The first-order valence-corrected chi connectivity index (χ1v) is 12.5. The first-order chi connectivity index (χ1) is 17.3. The Morgan fingerprint density at radius 2 is 2.00 bits per heavy atom. The molecular weight excluding hydrogens is 483 g/mol. The third-order valence-electron chi connectivity index (χ3n) is 5.60. The van der Waals surface area contributed by atoms with Gasteiger partial charge in [-0.3, -0.25) is 14.8 Å². The van der Waals surface area contributed by atoms with Gasteiger partial charge in [-0.1, -0.05) is 29.4 Å². The van der Waals surface area contributed by atoms with E-state index in [9.17, 15) is 9.46 Å². The van der Waals surface area contributed by atoms with Gasteiger partial charge < -0.3 is 24.6 Å². The average molecular weight is 506 g/mol. The molecule has 12 heteroatoms. The van der Waals surface area contributed by atoms with Crippen LogP contribution in [0.25, 0.3) is 22.4 Å². The van der Waals surface area contributed by atoms with Crippen LogP contribution < -0.4 is 20.5 Å². The number of aromatic nitrogens is 4. The van der Waals surface area contributed by atoms with Crippen molar-refractivity contribution in [2.45, 2.75) is 19.7 Å². The lowest BCUT2D eigenvalue weighted by Gasteiger charge is -2.14. The van der Waals surface area contributed by atoms with Gasteiger partial charge in [0.05, 0.1) is 23.8 Å². The molecule has 0 aliphatic heterocycles. The summed E-state index contributed by atoms with van der Waals surface area (Å²) >= 11 is 0. The monoisotopic (exact) mass is 506 g/mol. The van der Waals surface area contributed by atoms with Gasteiger partial charge in [0, 0.05) is 30.6 Å². The Hall–Kier alpha value is -4.02. The van der Waals surface area contributed by atoms with Crippen LogP contribution in [0.5, 0.6) is 0 Å². The number of nitrogens with zero attached hydrogens (tertiary/aromatic N) is 3. The summed E-state index contributed by atoms with van der Waals surface area (Å²) in [7, 11) is -4.87. The fourth-order valence-electron chi connectivity index (χ4n) is 3.77. The third-order valence-corrected chi connectivity index (χ3v) is 6.05. The third kappa shape index (κ3) is 5.61. The van der Waals surface area contributed by atoms with Crippen molar-refractivity contribution in [3.63, 3.8) is 0 Å². The van der Waals surface area contributed by atoms with Crippen molar-refractivity contribution in [2.24, 2.45) is 0 Å². The molecule has 0 spiro atoms. The van der Waals surface area contributed by atoms with Crippen LogP contribution in [0.15, 0.2) is 77.7 Å². The molecule has 0 amide bonds. The van der Waals surface area contributed by atoms with E-state index >= 15 is 0 Å². The van der Waals surface area contributed by atoms with Gasteiger partial charge >= 0.3 is 0 Å². The number of benzene rings is 1. The fourth-order valence-corrected chi connectivity index (χ4v) is 4.04. The summed E-state index contributed by atoms with van der Waals surface area (Å²) in [5.41, 5.74) is 11.4. The van der Waals surface area contributed by atoms with Crippen LogP contribution >= 0.6 is 7.82 Å². The van der Waals surface area contributed by atoms with Gasteiger partial charge in [-0.15, -0.1) is 0 Å². The zero-order valence-corrected chi connectivity index (χ0v) is 19.9. The molecule has 184 valence electrons. The van der Waals surface area contributed by atoms with Gasteiger partial charge in [0.15, 0.2) is 12.5 Å². The Kier molecular flexibility index (Phi) is 6.53. The lowest BCUT2D eigenvalue weighted by Crippen LogP contribution is -2.38. The summed E-state index contributed by atoms with van der Waals surface area (Å²) in [6.07, 6.45) is 5.76. The molecule has 0 bridgehead atoms. The van der Waals surface area contributed by atoms with Crippen LogP contribution in [-0.2, 0) is 28.8 Å². The Bertz CT molecular complexity index is 1540. The maximum atomic E-state index is 10.9. The summed E-state index contributed by atoms with van der Waals surface area (Å²) in [5, 5.41) is 8.58. The largest absolute Gasteiger partial charge is 0.756 e. The molecule has 5 aromatic rings. The minimum atomic E-state index is -4.87. The van der Waals surface area contributed by atoms with E-state index in [1.165, 1.54) is 10.8 Å². The number of hydrogen-bond donors (Lipinski definition) is 4. The number of anilines is 2. The number of fused-ring (bicyclic) bond motifs is 1. The van der Waals surface area contributed by atoms with Crippen molar-refractivity contribution >= 4 is 30.4 Å². The van der Waals surface area contributed by atoms with Crippen molar-refractivity contribution in [3.8, 4) is 11.3 Å². The molecule has 1 unspecified atom stereocenters. The molecule has 0 aliphatic rings. The van der Waals surface area contributed by atoms with Crippen molar-refractivity contribution in [1.29, 1.82) is 0 Å². The molecule has 36 heavy (non-hydrogen) atoms. The SMILES string of the molecule is Nc1c(-c2cc(Cc3ccc(CNc4cnc5[nH]ccc5c4)cc3)no2)ccc[n+]1COP(=O)([O-])O. The second kappa shape index (κ2) is 9.92. The molecule has 0 saturated carbocycles. The van der Waals surface area contributed by atoms with Crippen LogP contribution in [-0.4, -0.2) is 20.0 Å². The maximum Gasteiger partial charge on any atom is 0.285 e. The quantitative estimate of drug-likeness (QED) is 0.174. The first-order valence-electron chi connectivity index (χ1n) is 11.0. The highest BCUT2D eigenvalue weighted by Gasteiger charge is 2.18.